The van der Waals surface area contributed by atoms with E-state index < -0.39 is 16.1 Å². The van der Waals surface area contributed by atoms with Gasteiger partial charge in [0, 0.05) is 0 Å². The van der Waals surface area contributed by atoms with Gasteiger partial charge in [0.1, 0.15) is 0 Å². The molecule has 0 heterocycles. The lowest BCUT2D eigenvalue weighted by molar-refractivity contribution is 1.01. The van der Waals surface area contributed by atoms with Gasteiger partial charge in [0.25, 0.3) is 0 Å². The fraction of sp³-hybridized carbons (Fsp3) is 0.826. The molecule has 0 aromatic carbocycles. The van der Waals surface area contributed by atoms with Crippen LogP contribution in [0.5, 0.6) is 0 Å². The van der Waals surface area contributed by atoms with Crippen LogP contribution in [0.25, 0.3) is 0 Å². The molecule has 1 aliphatic carbocycles. The molecule has 0 saturated heterocycles. The van der Waals surface area contributed by atoms with Crippen molar-refractivity contribution in [2.75, 3.05) is 11.6 Å². The third-order valence-corrected chi connectivity index (χ3v) is 25.1. The average Bonchev–Trinajstić information content (AvgIpc) is 3.01. The van der Waals surface area contributed by atoms with Crippen LogP contribution in [-0.2, 0) is 0 Å². The number of rotatable bonds is 10. The van der Waals surface area contributed by atoms with E-state index in [1.807, 2.05) is 10.4 Å². The maximum absolute atomic E-state index is 2.65. The van der Waals surface area contributed by atoms with Gasteiger partial charge in [0.15, 0.2) is 0 Å². The topological polar surface area (TPSA) is 0 Å². The normalized spacial score (nSPS) is 16.5. The summed E-state index contributed by atoms with van der Waals surface area (Å²) in [6.07, 6.45) is 6.49. The zero-order valence-electron chi connectivity index (χ0n) is 20.5. The largest absolute Gasteiger partial charge is 0.104 e. The Morgan fingerprint density at radius 2 is 0.889 bits per heavy atom. The summed E-state index contributed by atoms with van der Waals surface area (Å²) in [5.74, 6) is 3.05. The number of hydrogen-bond acceptors (Lipinski definition) is 0. The predicted octanol–water partition coefficient (Wildman–Crippen LogP) is 8.41. The second-order valence-corrected chi connectivity index (χ2v) is 28.6. The molecule has 158 valence electrons. The second-order valence-electron chi connectivity index (χ2n) is 11.0. The van der Waals surface area contributed by atoms with Crippen LogP contribution < -0.4 is 0 Å². The minimum Gasteiger partial charge on any atom is -0.104 e. The van der Waals surface area contributed by atoms with Gasteiger partial charge in [0.2, 0.25) is 0 Å². The molecular weight excluding hydrogens is 394 g/mol. The van der Waals surface area contributed by atoms with Crippen LogP contribution in [0.15, 0.2) is 22.5 Å². The van der Waals surface area contributed by atoms with Gasteiger partial charge in [-0.15, -0.1) is 15.8 Å². The molecule has 0 aromatic rings. The van der Waals surface area contributed by atoms with Crippen molar-refractivity contribution < 1.29 is 0 Å². The summed E-state index contributed by atoms with van der Waals surface area (Å²) in [5.41, 5.74) is 3.47. The van der Waals surface area contributed by atoms with E-state index in [2.05, 4.69) is 93.7 Å². The third-order valence-electron chi connectivity index (χ3n) is 6.41. The molecule has 0 atom stereocenters. The Hall–Kier alpha value is 0.774. The first-order chi connectivity index (χ1) is 12.2. The van der Waals surface area contributed by atoms with Crippen LogP contribution >= 0.6 is 15.8 Å². The Balaban J connectivity index is 2.85. The molecule has 0 radical (unpaired) electrons. The molecule has 1 rings (SSSR count). The summed E-state index contributed by atoms with van der Waals surface area (Å²) in [6, 6.07) is 0. The highest BCUT2D eigenvalue weighted by molar-refractivity contribution is 7.62. The second kappa shape index (κ2) is 10.2. The van der Waals surface area contributed by atoms with Gasteiger partial charge in [-0.3, -0.25) is 0 Å². The zero-order valence-corrected chi connectivity index (χ0v) is 24.3. The maximum atomic E-state index is 2.65. The van der Waals surface area contributed by atoms with Crippen LogP contribution in [0.1, 0.15) is 61.8 Å². The first-order valence-corrected chi connectivity index (χ1v) is 20.9. The SMILES string of the molecule is CC(C)P(C[Si](C)(C)C1=CC=C([Si](C)(C)CP(C(C)C)C(C)C)C1)C(C)C. The van der Waals surface area contributed by atoms with Crippen LogP contribution in [0.4, 0.5) is 0 Å². The third kappa shape index (κ3) is 7.20. The Kier molecular flexibility index (Phi) is 9.74. The summed E-state index contributed by atoms with van der Waals surface area (Å²) in [4.78, 5) is 0. The molecule has 0 unspecified atom stereocenters. The fourth-order valence-electron chi connectivity index (χ4n) is 4.49. The van der Waals surface area contributed by atoms with E-state index in [4.69, 9.17) is 0 Å². The van der Waals surface area contributed by atoms with Crippen LogP contribution in [0.3, 0.4) is 0 Å². The van der Waals surface area contributed by atoms with Gasteiger partial charge in [0.05, 0.1) is 16.1 Å². The molecule has 1 aliphatic rings. The van der Waals surface area contributed by atoms with Crippen molar-refractivity contribution in [3.63, 3.8) is 0 Å². The molecule has 0 spiro atoms. The monoisotopic (exact) mass is 442 g/mol. The van der Waals surface area contributed by atoms with Gasteiger partial charge >= 0.3 is 0 Å². The smallest absolute Gasteiger partial charge is 0.0800 e. The standard InChI is InChI=1S/C23H48P2Si2/c1-18(2)24(19(3)4)16-26(9,10)22-13-14-23(15-22)27(11,12)17-25(20(5)6)21(7)8/h13-14,18-21H,15-17H2,1-12H3. The molecular formula is C23H48P2Si2. The van der Waals surface area contributed by atoms with Crippen molar-refractivity contribution in [1.82, 2.24) is 0 Å². The predicted molar refractivity (Wildman–Crippen MR) is 140 cm³/mol. The minimum atomic E-state index is -1.30. The minimum absolute atomic E-state index is 0.156. The highest BCUT2D eigenvalue weighted by atomic mass is 31.1. The Labute approximate surface area is 176 Å². The first-order valence-electron chi connectivity index (χ1n) is 11.1. The highest BCUT2D eigenvalue weighted by Crippen LogP contribution is 2.51. The number of allylic oxidation sites excluding steroid dienone is 4. The van der Waals surface area contributed by atoms with Gasteiger partial charge in [-0.2, -0.15) is 0 Å². The van der Waals surface area contributed by atoms with Crippen molar-refractivity contribution in [3.8, 4) is 0 Å². The van der Waals surface area contributed by atoms with E-state index in [1.54, 1.807) is 0 Å². The van der Waals surface area contributed by atoms with E-state index in [0.717, 1.165) is 22.6 Å². The maximum Gasteiger partial charge on any atom is 0.0800 e. The van der Waals surface area contributed by atoms with E-state index >= 15 is 0 Å². The van der Waals surface area contributed by atoms with E-state index in [-0.39, 0.29) is 15.8 Å². The lowest BCUT2D eigenvalue weighted by atomic mass is 10.5. The highest BCUT2D eigenvalue weighted by Gasteiger charge is 2.38. The lowest BCUT2D eigenvalue weighted by Gasteiger charge is -2.37. The van der Waals surface area contributed by atoms with Gasteiger partial charge in [-0.05, 0) is 40.6 Å². The van der Waals surface area contributed by atoms with E-state index in [1.165, 1.54) is 18.0 Å². The van der Waals surface area contributed by atoms with Gasteiger partial charge < -0.3 is 0 Å². The average molecular weight is 443 g/mol. The first kappa shape index (κ1) is 25.8. The summed E-state index contributed by atoms with van der Waals surface area (Å²) in [7, 11) is -2.28. The van der Waals surface area contributed by atoms with Crippen molar-refractivity contribution >= 4 is 32.0 Å². The summed E-state index contributed by atoms with van der Waals surface area (Å²) in [5, 5.41) is 3.70. The molecule has 0 fully saturated rings. The van der Waals surface area contributed by atoms with Crippen molar-refractivity contribution in [1.29, 1.82) is 0 Å². The summed E-state index contributed by atoms with van der Waals surface area (Å²) >= 11 is 0. The van der Waals surface area contributed by atoms with E-state index in [9.17, 15) is 0 Å². The molecule has 0 bridgehead atoms. The van der Waals surface area contributed by atoms with Crippen molar-refractivity contribution in [3.05, 3.63) is 22.5 Å². The molecule has 0 nitrogen and oxygen atoms in total. The Bertz CT molecular complexity index is 479. The quantitative estimate of drug-likeness (QED) is 0.235. The molecule has 0 aliphatic heterocycles. The van der Waals surface area contributed by atoms with Gasteiger partial charge in [-0.25, -0.2) is 0 Å². The molecule has 0 N–H and O–H groups in total. The Morgan fingerprint density at radius 3 is 1.11 bits per heavy atom. The number of hydrogen-bond donors (Lipinski definition) is 0. The zero-order chi connectivity index (χ0) is 21.2. The molecule has 27 heavy (non-hydrogen) atoms. The van der Waals surface area contributed by atoms with Crippen molar-refractivity contribution in [2.24, 2.45) is 0 Å². The van der Waals surface area contributed by atoms with Crippen LogP contribution in [-0.4, -0.2) is 50.4 Å². The lowest BCUT2D eigenvalue weighted by Crippen LogP contribution is -2.38. The van der Waals surface area contributed by atoms with Crippen molar-refractivity contribution in [2.45, 2.75) is 111 Å². The summed E-state index contributed by atoms with van der Waals surface area (Å²) < 4.78 is 0. The molecule has 0 amide bonds. The molecule has 4 heteroatoms. The van der Waals surface area contributed by atoms with Gasteiger partial charge in [-0.1, -0.05) is 104 Å². The molecule has 0 saturated carbocycles. The fourth-order valence-corrected chi connectivity index (χ4v) is 24.2. The Morgan fingerprint density at radius 1 is 0.630 bits per heavy atom. The van der Waals surface area contributed by atoms with E-state index in [0.29, 0.717) is 0 Å². The summed E-state index contributed by atoms with van der Waals surface area (Å²) in [6.45, 7) is 30.3. The molecule has 0 aromatic heterocycles. The van der Waals surface area contributed by atoms with Crippen LogP contribution in [0.2, 0.25) is 26.2 Å². The van der Waals surface area contributed by atoms with Crippen LogP contribution in [0, 0.1) is 0 Å².